The average Bonchev–Trinajstić information content (AvgIpc) is 2.67. The van der Waals surface area contributed by atoms with Gasteiger partial charge in [0, 0.05) is 17.8 Å². The number of benzene rings is 2. The molecule has 7 nitrogen and oxygen atoms in total. The lowest BCUT2D eigenvalue weighted by Gasteiger charge is -2.18. The molecule has 3 rings (SSSR count). The molecule has 1 unspecified atom stereocenters. The van der Waals surface area contributed by atoms with Gasteiger partial charge in [-0.05, 0) is 56.3 Å². The molecule has 3 aromatic rings. The molecule has 2 aromatic carbocycles. The standard InChI is InChI=1S/C19H19ClN4O3/c1-4-26-18(25)12(2)27-15-8-6-14(7-9-15)24(3)19-21-16-10-5-13(20)11-17(16)22-23-19/h5-12H,4H2,1-3H3. The summed E-state index contributed by atoms with van der Waals surface area (Å²) in [5.74, 6) is 0.632. The van der Waals surface area contributed by atoms with Crippen LogP contribution >= 0.6 is 11.6 Å². The Hall–Kier alpha value is -2.93. The number of nitrogens with zero attached hydrogens (tertiary/aromatic N) is 4. The summed E-state index contributed by atoms with van der Waals surface area (Å²) in [5, 5.41) is 8.91. The van der Waals surface area contributed by atoms with Crippen LogP contribution in [-0.2, 0) is 9.53 Å². The van der Waals surface area contributed by atoms with Gasteiger partial charge in [-0.1, -0.05) is 11.6 Å². The van der Waals surface area contributed by atoms with Crippen molar-refractivity contribution in [2.75, 3.05) is 18.6 Å². The monoisotopic (exact) mass is 386 g/mol. The van der Waals surface area contributed by atoms with Crippen LogP contribution in [0.15, 0.2) is 42.5 Å². The Morgan fingerprint density at radius 1 is 1.15 bits per heavy atom. The molecule has 140 valence electrons. The van der Waals surface area contributed by atoms with Gasteiger partial charge < -0.3 is 14.4 Å². The summed E-state index contributed by atoms with van der Waals surface area (Å²) in [7, 11) is 1.84. The van der Waals surface area contributed by atoms with Crippen molar-refractivity contribution < 1.29 is 14.3 Å². The van der Waals surface area contributed by atoms with Gasteiger partial charge in [-0.15, -0.1) is 10.2 Å². The highest BCUT2D eigenvalue weighted by atomic mass is 35.5. The minimum atomic E-state index is -0.673. The number of fused-ring (bicyclic) bond motifs is 1. The Bertz CT molecular complexity index is 949. The lowest BCUT2D eigenvalue weighted by molar-refractivity contribution is -0.150. The van der Waals surface area contributed by atoms with E-state index in [4.69, 9.17) is 21.1 Å². The number of ether oxygens (including phenoxy) is 2. The number of aromatic nitrogens is 3. The molecular formula is C19H19ClN4O3. The second kappa shape index (κ2) is 8.18. The number of hydrogen-bond acceptors (Lipinski definition) is 7. The minimum absolute atomic E-state index is 0.322. The van der Waals surface area contributed by atoms with E-state index in [0.717, 1.165) is 5.69 Å². The van der Waals surface area contributed by atoms with Crippen molar-refractivity contribution in [3.63, 3.8) is 0 Å². The molecule has 0 radical (unpaired) electrons. The third kappa shape index (κ3) is 4.43. The zero-order valence-electron chi connectivity index (χ0n) is 15.2. The summed E-state index contributed by atoms with van der Waals surface area (Å²) < 4.78 is 10.5. The largest absolute Gasteiger partial charge is 0.479 e. The van der Waals surface area contributed by atoms with E-state index in [-0.39, 0.29) is 0 Å². The van der Waals surface area contributed by atoms with Crippen LogP contribution < -0.4 is 9.64 Å². The molecule has 0 spiro atoms. The minimum Gasteiger partial charge on any atom is -0.479 e. The van der Waals surface area contributed by atoms with E-state index in [1.165, 1.54) is 0 Å². The van der Waals surface area contributed by atoms with Crippen molar-refractivity contribution in [3.05, 3.63) is 47.5 Å². The number of anilines is 2. The van der Waals surface area contributed by atoms with Crippen LogP contribution in [0.25, 0.3) is 11.0 Å². The van der Waals surface area contributed by atoms with Crippen LogP contribution in [0.1, 0.15) is 13.8 Å². The van der Waals surface area contributed by atoms with Crippen molar-refractivity contribution in [3.8, 4) is 5.75 Å². The maximum absolute atomic E-state index is 11.6. The van der Waals surface area contributed by atoms with Crippen LogP contribution in [0.3, 0.4) is 0 Å². The van der Waals surface area contributed by atoms with E-state index >= 15 is 0 Å². The predicted octanol–water partition coefficient (Wildman–Crippen LogP) is 3.78. The Morgan fingerprint density at radius 3 is 2.59 bits per heavy atom. The molecule has 1 heterocycles. The molecule has 0 bridgehead atoms. The molecule has 0 N–H and O–H groups in total. The first-order valence-corrected chi connectivity index (χ1v) is 8.83. The molecule has 0 saturated heterocycles. The van der Waals surface area contributed by atoms with Crippen molar-refractivity contribution in [2.45, 2.75) is 20.0 Å². The Kier molecular flexibility index (Phi) is 5.71. The fourth-order valence-corrected chi connectivity index (χ4v) is 2.58. The molecule has 8 heteroatoms. The van der Waals surface area contributed by atoms with Crippen LogP contribution in [0.4, 0.5) is 11.6 Å². The molecular weight excluding hydrogens is 368 g/mol. The van der Waals surface area contributed by atoms with Gasteiger partial charge in [0.15, 0.2) is 6.10 Å². The van der Waals surface area contributed by atoms with Crippen LogP contribution in [-0.4, -0.2) is 40.9 Å². The van der Waals surface area contributed by atoms with E-state index < -0.39 is 12.1 Å². The molecule has 1 aromatic heterocycles. The van der Waals surface area contributed by atoms with Gasteiger partial charge in [-0.2, -0.15) is 0 Å². The number of rotatable bonds is 6. The molecule has 1 atom stereocenters. The van der Waals surface area contributed by atoms with E-state index in [0.29, 0.717) is 34.4 Å². The maximum atomic E-state index is 11.6. The van der Waals surface area contributed by atoms with Gasteiger partial charge in [-0.25, -0.2) is 9.78 Å². The summed E-state index contributed by atoms with van der Waals surface area (Å²) >= 11 is 5.96. The van der Waals surface area contributed by atoms with E-state index in [9.17, 15) is 4.79 Å². The maximum Gasteiger partial charge on any atom is 0.347 e. The van der Waals surface area contributed by atoms with Gasteiger partial charge in [0.05, 0.1) is 12.1 Å². The van der Waals surface area contributed by atoms with Crippen molar-refractivity contribution in [2.24, 2.45) is 0 Å². The summed E-state index contributed by atoms with van der Waals surface area (Å²) in [6.45, 7) is 3.73. The zero-order chi connectivity index (χ0) is 19.4. The van der Waals surface area contributed by atoms with Gasteiger partial charge in [0.2, 0.25) is 5.95 Å². The van der Waals surface area contributed by atoms with E-state index in [1.54, 1.807) is 49.1 Å². The SMILES string of the molecule is CCOC(=O)C(C)Oc1ccc(N(C)c2nnc3cc(Cl)ccc3n2)cc1. The number of carbonyl (C=O) groups excluding carboxylic acids is 1. The fraction of sp³-hybridized carbons (Fsp3) is 0.263. The van der Waals surface area contributed by atoms with Gasteiger partial charge in [-0.3, -0.25) is 0 Å². The summed E-state index contributed by atoms with van der Waals surface area (Å²) in [6, 6.07) is 12.5. The first-order valence-electron chi connectivity index (χ1n) is 8.45. The Balaban J connectivity index is 1.74. The molecule has 0 aliphatic heterocycles. The molecule has 0 saturated carbocycles. The first kappa shape index (κ1) is 18.8. The molecule has 27 heavy (non-hydrogen) atoms. The normalized spacial score (nSPS) is 11.9. The average molecular weight is 387 g/mol. The van der Waals surface area contributed by atoms with Crippen molar-refractivity contribution >= 4 is 40.2 Å². The third-order valence-corrected chi connectivity index (χ3v) is 4.10. The van der Waals surface area contributed by atoms with Crippen LogP contribution in [0.5, 0.6) is 5.75 Å². The topological polar surface area (TPSA) is 77.4 Å². The summed E-state index contributed by atoms with van der Waals surface area (Å²) in [6.07, 6.45) is -0.673. The number of carbonyl (C=O) groups is 1. The Labute approximate surface area is 161 Å². The first-order chi connectivity index (χ1) is 13.0. The lowest BCUT2D eigenvalue weighted by atomic mass is 10.3. The van der Waals surface area contributed by atoms with Gasteiger partial charge in [0.25, 0.3) is 0 Å². The lowest BCUT2D eigenvalue weighted by Crippen LogP contribution is -2.26. The highest BCUT2D eigenvalue weighted by Gasteiger charge is 2.16. The molecule has 0 aliphatic carbocycles. The third-order valence-electron chi connectivity index (χ3n) is 3.86. The smallest absolute Gasteiger partial charge is 0.347 e. The quantitative estimate of drug-likeness (QED) is 0.596. The zero-order valence-corrected chi connectivity index (χ0v) is 16.0. The number of esters is 1. The van der Waals surface area contributed by atoms with Crippen molar-refractivity contribution in [1.29, 1.82) is 0 Å². The number of hydrogen-bond donors (Lipinski definition) is 0. The predicted molar refractivity (Wildman–Crippen MR) is 104 cm³/mol. The Morgan fingerprint density at radius 2 is 1.89 bits per heavy atom. The van der Waals surface area contributed by atoms with Crippen molar-refractivity contribution in [1.82, 2.24) is 15.2 Å². The van der Waals surface area contributed by atoms with Crippen LogP contribution in [0, 0.1) is 0 Å². The van der Waals surface area contributed by atoms with E-state index in [2.05, 4.69) is 15.2 Å². The summed E-state index contributed by atoms with van der Waals surface area (Å²) in [5.41, 5.74) is 2.19. The second-order valence-electron chi connectivity index (χ2n) is 5.81. The fourth-order valence-electron chi connectivity index (χ4n) is 2.42. The number of halogens is 1. The van der Waals surface area contributed by atoms with E-state index in [1.807, 2.05) is 19.2 Å². The highest BCUT2D eigenvalue weighted by Crippen LogP contribution is 2.25. The molecule has 0 amide bonds. The van der Waals surface area contributed by atoms with Gasteiger partial charge >= 0.3 is 5.97 Å². The highest BCUT2D eigenvalue weighted by molar-refractivity contribution is 6.31. The summed E-state index contributed by atoms with van der Waals surface area (Å²) in [4.78, 5) is 18.0. The van der Waals surface area contributed by atoms with Crippen LogP contribution in [0.2, 0.25) is 5.02 Å². The molecule has 0 fully saturated rings. The second-order valence-corrected chi connectivity index (χ2v) is 6.25. The molecule has 0 aliphatic rings. The van der Waals surface area contributed by atoms with Gasteiger partial charge in [0.1, 0.15) is 11.3 Å².